The van der Waals surface area contributed by atoms with E-state index in [2.05, 4.69) is 10.3 Å². The summed E-state index contributed by atoms with van der Waals surface area (Å²) in [4.78, 5) is 17.4. The molecule has 1 fully saturated rings. The maximum Gasteiger partial charge on any atom is 0.233 e. The number of aromatic hydroxyl groups is 1. The number of hydrogen-bond donors (Lipinski definition) is 3. The molecule has 1 unspecified atom stereocenters. The van der Waals surface area contributed by atoms with E-state index < -0.39 is 5.60 Å². The number of phenols is 1. The molecule has 0 spiro atoms. The summed E-state index contributed by atoms with van der Waals surface area (Å²) in [5, 5.41) is 23.5. The number of aromatic nitrogens is 1. The molecule has 1 aliphatic heterocycles. The Kier molecular flexibility index (Phi) is 3.37. The van der Waals surface area contributed by atoms with Crippen LogP contribution in [0.2, 0.25) is 0 Å². The highest BCUT2D eigenvalue weighted by atomic mass is 32.1. The number of ether oxygens (including phenoxy) is 1. The number of rotatable bonds is 3. The van der Waals surface area contributed by atoms with Gasteiger partial charge in [-0.2, -0.15) is 0 Å². The third kappa shape index (κ3) is 2.41. The van der Waals surface area contributed by atoms with Gasteiger partial charge in [0.05, 0.1) is 24.0 Å². The van der Waals surface area contributed by atoms with Crippen molar-refractivity contribution in [3.8, 4) is 5.75 Å². The van der Waals surface area contributed by atoms with E-state index in [1.54, 1.807) is 18.3 Å². The maximum atomic E-state index is 12.5. The molecule has 1 aromatic carbocycles. The van der Waals surface area contributed by atoms with Gasteiger partial charge in [-0.25, -0.2) is 4.98 Å². The van der Waals surface area contributed by atoms with Gasteiger partial charge in [-0.1, -0.05) is 23.5 Å². The third-order valence-corrected chi connectivity index (χ3v) is 5.52. The van der Waals surface area contributed by atoms with Crippen molar-refractivity contribution in [2.75, 3.05) is 18.5 Å². The molecular weight excluding hydrogens is 316 g/mol. The SMILES string of the molecule is O=C(Nc1ncc(C2(O)COC2)s1)C1CCc2cccc(O)c21. The number of benzene rings is 1. The molecule has 120 valence electrons. The van der Waals surface area contributed by atoms with Crippen LogP contribution in [0.4, 0.5) is 5.13 Å². The van der Waals surface area contributed by atoms with Crippen LogP contribution in [-0.4, -0.2) is 34.3 Å². The Hall–Kier alpha value is -1.96. The third-order valence-electron chi connectivity index (χ3n) is 4.42. The van der Waals surface area contributed by atoms with Crippen LogP contribution in [0, 0.1) is 0 Å². The Morgan fingerprint density at radius 2 is 2.26 bits per heavy atom. The zero-order chi connectivity index (χ0) is 16.0. The molecule has 1 amide bonds. The molecule has 1 saturated heterocycles. The van der Waals surface area contributed by atoms with Gasteiger partial charge in [0.2, 0.25) is 5.91 Å². The average molecular weight is 332 g/mol. The Bertz CT molecular complexity index is 769. The molecule has 7 heteroatoms. The van der Waals surface area contributed by atoms with Crippen molar-refractivity contribution in [3.05, 3.63) is 40.4 Å². The Labute approximate surface area is 136 Å². The van der Waals surface area contributed by atoms with Crippen LogP contribution in [-0.2, 0) is 21.6 Å². The highest BCUT2D eigenvalue weighted by molar-refractivity contribution is 7.15. The van der Waals surface area contributed by atoms with Gasteiger partial charge in [0.15, 0.2) is 5.13 Å². The first-order valence-corrected chi connectivity index (χ1v) is 8.26. The number of amides is 1. The van der Waals surface area contributed by atoms with Gasteiger partial charge in [-0.05, 0) is 24.5 Å². The minimum absolute atomic E-state index is 0.168. The molecular formula is C16H16N2O4S. The predicted molar refractivity (Wildman–Crippen MR) is 84.6 cm³/mol. The van der Waals surface area contributed by atoms with Crippen LogP contribution < -0.4 is 5.32 Å². The van der Waals surface area contributed by atoms with E-state index >= 15 is 0 Å². The number of aliphatic hydroxyl groups is 1. The van der Waals surface area contributed by atoms with Crippen molar-refractivity contribution in [1.82, 2.24) is 4.98 Å². The first-order valence-electron chi connectivity index (χ1n) is 7.45. The monoisotopic (exact) mass is 332 g/mol. The van der Waals surface area contributed by atoms with Crippen LogP contribution >= 0.6 is 11.3 Å². The second-order valence-electron chi connectivity index (χ2n) is 5.98. The number of carbonyl (C=O) groups excluding carboxylic acids is 1. The number of anilines is 1. The van der Waals surface area contributed by atoms with Gasteiger partial charge in [-0.15, -0.1) is 0 Å². The second-order valence-corrected chi connectivity index (χ2v) is 7.02. The Morgan fingerprint density at radius 3 is 3.00 bits per heavy atom. The number of nitrogens with one attached hydrogen (secondary N) is 1. The molecule has 0 radical (unpaired) electrons. The van der Waals surface area contributed by atoms with Crippen LogP contribution in [0.1, 0.15) is 28.3 Å². The summed E-state index contributed by atoms with van der Waals surface area (Å²) in [5.41, 5.74) is 0.762. The predicted octanol–water partition coefficient (Wildman–Crippen LogP) is 1.73. The molecule has 2 aliphatic rings. The lowest BCUT2D eigenvalue weighted by Gasteiger charge is -2.34. The Balaban J connectivity index is 1.52. The number of thiazole rings is 1. The average Bonchev–Trinajstić information content (AvgIpc) is 3.12. The number of phenolic OH excluding ortho intramolecular Hbond substituents is 1. The molecule has 4 rings (SSSR count). The summed E-state index contributed by atoms with van der Waals surface area (Å²) < 4.78 is 5.03. The van der Waals surface area contributed by atoms with Gasteiger partial charge >= 0.3 is 0 Å². The van der Waals surface area contributed by atoms with E-state index in [0.29, 0.717) is 22.0 Å². The molecule has 1 aromatic heterocycles. The lowest BCUT2D eigenvalue weighted by Crippen LogP contribution is -2.45. The van der Waals surface area contributed by atoms with Crippen molar-refractivity contribution in [2.24, 2.45) is 0 Å². The number of carbonyl (C=O) groups is 1. The first kappa shape index (κ1) is 14.6. The summed E-state index contributed by atoms with van der Waals surface area (Å²) in [6, 6.07) is 5.34. The van der Waals surface area contributed by atoms with E-state index in [4.69, 9.17) is 4.74 Å². The largest absolute Gasteiger partial charge is 0.508 e. The summed E-state index contributed by atoms with van der Waals surface area (Å²) in [6.07, 6.45) is 3.03. The van der Waals surface area contributed by atoms with Crippen molar-refractivity contribution in [1.29, 1.82) is 0 Å². The Morgan fingerprint density at radius 1 is 1.43 bits per heavy atom. The topological polar surface area (TPSA) is 91.7 Å². The molecule has 1 aliphatic carbocycles. The van der Waals surface area contributed by atoms with Gasteiger partial charge < -0.3 is 20.3 Å². The molecule has 3 N–H and O–H groups in total. The van der Waals surface area contributed by atoms with Crippen molar-refractivity contribution in [3.63, 3.8) is 0 Å². The molecule has 0 saturated carbocycles. The van der Waals surface area contributed by atoms with E-state index in [0.717, 1.165) is 12.0 Å². The quantitative estimate of drug-likeness (QED) is 0.796. The van der Waals surface area contributed by atoms with Gasteiger partial charge in [0.1, 0.15) is 11.4 Å². The fourth-order valence-electron chi connectivity index (χ4n) is 3.10. The van der Waals surface area contributed by atoms with Crippen LogP contribution in [0.25, 0.3) is 0 Å². The summed E-state index contributed by atoms with van der Waals surface area (Å²) in [7, 11) is 0. The standard InChI is InChI=1S/C16H16N2O4S/c19-11-3-1-2-9-4-5-10(13(9)11)14(20)18-15-17-6-12(23-15)16(21)7-22-8-16/h1-3,6,10,19,21H,4-5,7-8H2,(H,17,18,20). The number of fused-ring (bicyclic) bond motifs is 1. The first-order chi connectivity index (χ1) is 11.1. The van der Waals surface area contributed by atoms with Crippen molar-refractivity contribution < 1.29 is 19.7 Å². The lowest BCUT2D eigenvalue weighted by molar-refractivity contribution is -0.182. The minimum Gasteiger partial charge on any atom is -0.508 e. The summed E-state index contributed by atoms with van der Waals surface area (Å²) >= 11 is 1.25. The van der Waals surface area contributed by atoms with Gasteiger partial charge in [0, 0.05) is 11.8 Å². The molecule has 2 heterocycles. The van der Waals surface area contributed by atoms with Crippen LogP contribution in [0.3, 0.4) is 0 Å². The van der Waals surface area contributed by atoms with Crippen molar-refractivity contribution in [2.45, 2.75) is 24.4 Å². The smallest absolute Gasteiger partial charge is 0.233 e. The lowest BCUT2D eigenvalue weighted by atomic mass is 9.99. The fourth-order valence-corrected chi connectivity index (χ4v) is 3.98. The molecule has 0 bridgehead atoms. The molecule has 1 atom stereocenters. The van der Waals surface area contributed by atoms with Crippen LogP contribution in [0.5, 0.6) is 5.75 Å². The number of aryl methyl sites for hydroxylation is 1. The summed E-state index contributed by atoms with van der Waals surface area (Å²) in [5.74, 6) is -0.377. The molecule has 23 heavy (non-hydrogen) atoms. The fraction of sp³-hybridized carbons (Fsp3) is 0.375. The highest BCUT2D eigenvalue weighted by Gasteiger charge is 2.40. The van der Waals surface area contributed by atoms with E-state index in [1.165, 1.54) is 11.3 Å². The van der Waals surface area contributed by atoms with E-state index in [1.807, 2.05) is 6.07 Å². The van der Waals surface area contributed by atoms with Gasteiger partial charge in [0.25, 0.3) is 0 Å². The van der Waals surface area contributed by atoms with Gasteiger partial charge in [-0.3, -0.25) is 4.79 Å². The maximum absolute atomic E-state index is 12.5. The highest BCUT2D eigenvalue weighted by Crippen LogP contribution is 2.40. The second kappa shape index (κ2) is 5.30. The minimum atomic E-state index is -0.973. The summed E-state index contributed by atoms with van der Waals surface area (Å²) in [6.45, 7) is 0.513. The molecule has 6 nitrogen and oxygen atoms in total. The van der Waals surface area contributed by atoms with E-state index in [-0.39, 0.29) is 30.8 Å². The normalized spacial score (nSPS) is 21.5. The van der Waals surface area contributed by atoms with Crippen molar-refractivity contribution >= 4 is 22.4 Å². The zero-order valence-corrected chi connectivity index (χ0v) is 13.1. The zero-order valence-electron chi connectivity index (χ0n) is 12.3. The number of nitrogens with zero attached hydrogens (tertiary/aromatic N) is 1. The number of hydrogen-bond acceptors (Lipinski definition) is 6. The molecule has 2 aromatic rings. The van der Waals surface area contributed by atoms with Crippen LogP contribution in [0.15, 0.2) is 24.4 Å². The van der Waals surface area contributed by atoms with E-state index in [9.17, 15) is 15.0 Å².